The minimum Gasteiger partial charge on any atom is -0.444 e. The number of carbonyl (C=O) groups excluding carboxylic acids is 1. The number of amides is 1. The van der Waals surface area contributed by atoms with Crippen LogP contribution in [-0.4, -0.2) is 53.9 Å². The molecule has 0 unspecified atom stereocenters. The maximum Gasteiger partial charge on any atom is 0.410 e. The first-order chi connectivity index (χ1) is 12.9. The fraction of sp³-hybridized carbons (Fsp3) is 0.579. The summed E-state index contributed by atoms with van der Waals surface area (Å²) in [6.45, 7) is 8.46. The molecule has 2 heterocycles. The van der Waals surface area contributed by atoms with Crippen molar-refractivity contribution in [2.75, 3.05) is 19.3 Å². The van der Waals surface area contributed by atoms with E-state index in [4.69, 9.17) is 16.3 Å². The second-order valence-electron chi connectivity index (χ2n) is 8.43. The highest BCUT2D eigenvalue weighted by atomic mass is 35.5. The Morgan fingerprint density at radius 2 is 2.00 bits per heavy atom. The number of benzene rings is 1. The maximum atomic E-state index is 12.4. The number of likely N-dealkylation sites (tertiary alicyclic amines) is 1. The van der Waals surface area contributed by atoms with Crippen LogP contribution >= 0.6 is 11.6 Å². The molecule has 0 spiro atoms. The van der Waals surface area contributed by atoms with Crippen LogP contribution in [0.4, 0.5) is 4.79 Å². The quantitative estimate of drug-likeness (QED) is 0.725. The van der Waals surface area contributed by atoms with Gasteiger partial charge in [-0.3, -0.25) is 0 Å². The number of carbonyl (C=O) groups is 1. The molecule has 0 radical (unpaired) electrons. The Morgan fingerprint density at radius 1 is 1.32 bits per heavy atom. The van der Waals surface area contributed by atoms with E-state index in [9.17, 15) is 13.2 Å². The molecular weight excluding hydrogens is 402 g/mol. The highest BCUT2D eigenvalue weighted by Gasteiger charge is 2.35. The SMILES string of the molecule is C[C@H]1CN(C(=O)OC(C)(C)C)CC[C@@H]1n1c(S(C)(=O)=O)nc2ccc(Cl)cc21. The van der Waals surface area contributed by atoms with Crippen LogP contribution in [0.3, 0.4) is 0 Å². The molecule has 0 N–H and O–H groups in total. The Morgan fingerprint density at radius 3 is 2.57 bits per heavy atom. The zero-order valence-electron chi connectivity index (χ0n) is 16.8. The van der Waals surface area contributed by atoms with Crippen molar-refractivity contribution in [2.24, 2.45) is 5.92 Å². The van der Waals surface area contributed by atoms with Gasteiger partial charge in [0.05, 0.1) is 11.0 Å². The van der Waals surface area contributed by atoms with Crippen molar-refractivity contribution in [3.63, 3.8) is 0 Å². The van der Waals surface area contributed by atoms with Crippen LogP contribution in [0.15, 0.2) is 23.4 Å². The largest absolute Gasteiger partial charge is 0.444 e. The number of ether oxygens (including phenoxy) is 1. The summed E-state index contributed by atoms with van der Waals surface area (Å²) in [5, 5.41) is 0.555. The standard InChI is InChI=1S/C19H26ClN3O4S/c1-12-11-22(18(24)27-19(2,3)4)9-8-15(12)23-16-10-13(20)6-7-14(16)21-17(23)28(5,25)26/h6-7,10,12,15H,8-9,11H2,1-5H3/t12-,15-/m0/s1. The summed E-state index contributed by atoms with van der Waals surface area (Å²) in [4.78, 5) is 18.4. The molecule has 2 atom stereocenters. The van der Waals surface area contributed by atoms with Gasteiger partial charge in [0.25, 0.3) is 0 Å². The van der Waals surface area contributed by atoms with Crippen molar-refractivity contribution in [2.45, 2.75) is 50.9 Å². The Bertz CT molecular complexity index is 1010. The lowest BCUT2D eigenvalue weighted by molar-refractivity contribution is 0.0122. The predicted molar refractivity (Wildman–Crippen MR) is 108 cm³/mol. The highest BCUT2D eigenvalue weighted by molar-refractivity contribution is 7.90. The molecule has 1 amide bonds. The summed E-state index contributed by atoms with van der Waals surface area (Å²) < 4.78 is 32.0. The topological polar surface area (TPSA) is 81.5 Å². The van der Waals surface area contributed by atoms with Crippen molar-refractivity contribution < 1.29 is 17.9 Å². The maximum absolute atomic E-state index is 12.4. The second-order valence-corrected chi connectivity index (χ2v) is 10.8. The van der Waals surface area contributed by atoms with E-state index in [-0.39, 0.29) is 23.2 Å². The van der Waals surface area contributed by atoms with E-state index in [1.807, 2.05) is 27.7 Å². The van der Waals surface area contributed by atoms with Crippen molar-refractivity contribution in [1.82, 2.24) is 14.5 Å². The van der Waals surface area contributed by atoms with Crippen molar-refractivity contribution in [3.8, 4) is 0 Å². The zero-order valence-corrected chi connectivity index (χ0v) is 18.3. The molecule has 3 rings (SSSR count). The predicted octanol–water partition coefficient (Wildman–Crippen LogP) is 3.91. The van der Waals surface area contributed by atoms with Gasteiger partial charge in [-0.2, -0.15) is 0 Å². The van der Waals surface area contributed by atoms with E-state index < -0.39 is 15.4 Å². The molecule has 9 heteroatoms. The first kappa shape index (κ1) is 20.9. The molecule has 2 aromatic rings. The first-order valence-corrected chi connectivity index (χ1v) is 11.5. The Hall–Kier alpha value is -1.80. The molecular formula is C19H26ClN3O4S. The van der Waals surface area contributed by atoms with Gasteiger partial charge in [0, 0.05) is 30.4 Å². The summed E-state index contributed by atoms with van der Waals surface area (Å²) >= 11 is 6.16. The fourth-order valence-corrected chi connectivity index (χ4v) is 4.66. The monoisotopic (exact) mass is 427 g/mol. The van der Waals surface area contributed by atoms with Gasteiger partial charge in [0.15, 0.2) is 0 Å². The summed E-state index contributed by atoms with van der Waals surface area (Å²) in [5.74, 6) is 0.0122. The minimum absolute atomic E-state index is 0.0122. The summed E-state index contributed by atoms with van der Waals surface area (Å²) in [5.41, 5.74) is 0.722. The van der Waals surface area contributed by atoms with Crippen LogP contribution in [0, 0.1) is 5.92 Å². The lowest BCUT2D eigenvalue weighted by Crippen LogP contribution is -2.45. The van der Waals surface area contributed by atoms with Gasteiger partial charge in [0.2, 0.25) is 15.0 Å². The molecule has 1 aliphatic rings. The molecule has 1 aromatic carbocycles. The van der Waals surface area contributed by atoms with E-state index in [2.05, 4.69) is 4.98 Å². The highest BCUT2D eigenvalue weighted by Crippen LogP contribution is 2.35. The number of aromatic nitrogens is 2. The Balaban J connectivity index is 1.96. The first-order valence-electron chi connectivity index (χ1n) is 9.22. The van der Waals surface area contributed by atoms with Crippen LogP contribution in [-0.2, 0) is 14.6 Å². The van der Waals surface area contributed by atoms with Gasteiger partial charge in [-0.25, -0.2) is 18.2 Å². The van der Waals surface area contributed by atoms with Gasteiger partial charge < -0.3 is 14.2 Å². The van der Waals surface area contributed by atoms with Crippen LogP contribution in [0.2, 0.25) is 5.02 Å². The Kier molecular flexibility index (Phi) is 5.40. The van der Waals surface area contributed by atoms with Crippen molar-refractivity contribution in [3.05, 3.63) is 23.2 Å². The lowest BCUT2D eigenvalue weighted by atomic mass is 9.93. The molecule has 154 valence electrons. The molecule has 7 nitrogen and oxygen atoms in total. The second kappa shape index (κ2) is 7.22. The number of hydrogen-bond donors (Lipinski definition) is 0. The third-order valence-corrected chi connectivity index (χ3v) is 5.98. The van der Waals surface area contributed by atoms with E-state index in [1.54, 1.807) is 27.7 Å². The number of hydrogen-bond acceptors (Lipinski definition) is 5. The third-order valence-electron chi connectivity index (χ3n) is 4.79. The Labute approximate surface area is 170 Å². The molecule has 0 aliphatic carbocycles. The molecule has 1 fully saturated rings. The summed E-state index contributed by atoms with van der Waals surface area (Å²) in [6, 6.07) is 5.04. The molecule has 0 saturated carbocycles. The minimum atomic E-state index is -3.53. The summed E-state index contributed by atoms with van der Waals surface area (Å²) in [7, 11) is -3.53. The summed E-state index contributed by atoms with van der Waals surface area (Å²) in [6.07, 6.45) is 1.41. The molecule has 28 heavy (non-hydrogen) atoms. The average Bonchev–Trinajstić information content (AvgIpc) is 2.92. The van der Waals surface area contributed by atoms with Gasteiger partial charge in [-0.05, 0) is 51.3 Å². The number of imidazole rings is 1. The molecule has 1 saturated heterocycles. The van der Waals surface area contributed by atoms with Crippen LogP contribution in [0.1, 0.15) is 40.2 Å². The van der Waals surface area contributed by atoms with Gasteiger partial charge in [-0.15, -0.1) is 0 Å². The van der Waals surface area contributed by atoms with Crippen molar-refractivity contribution in [1.29, 1.82) is 0 Å². The fourth-order valence-electron chi connectivity index (χ4n) is 3.64. The number of piperidine rings is 1. The lowest BCUT2D eigenvalue weighted by Gasteiger charge is -2.38. The number of nitrogens with zero attached hydrogens (tertiary/aromatic N) is 3. The average molecular weight is 428 g/mol. The van der Waals surface area contributed by atoms with Crippen LogP contribution in [0.5, 0.6) is 0 Å². The normalized spacial score (nSPS) is 21.1. The molecule has 1 aromatic heterocycles. The van der Waals surface area contributed by atoms with Crippen LogP contribution in [0.25, 0.3) is 11.0 Å². The third kappa shape index (κ3) is 4.27. The van der Waals surface area contributed by atoms with Crippen molar-refractivity contribution >= 4 is 38.6 Å². The number of rotatable bonds is 2. The molecule has 0 bridgehead atoms. The number of fused-ring (bicyclic) bond motifs is 1. The number of sulfone groups is 1. The van der Waals surface area contributed by atoms with E-state index in [1.165, 1.54) is 0 Å². The van der Waals surface area contributed by atoms with E-state index >= 15 is 0 Å². The van der Waals surface area contributed by atoms with Gasteiger partial charge in [0.1, 0.15) is 5.60 Å². The smallest absolute Gasteiger partial charge is 0.410 e. The van der Waals surface area contributed by atoms with Gasteiger partial charge >= 0.3 is 6.09 Å². The van der Waals surface area contributed by atoms with E-state index in [0.29, 0.717) is 35.6 Å². The van der Waals surface area contributed by atoms with Crippen LogP contribution < -0.4 is 0 Å². The number of halogens is 1. The molecule has 1 aliphatic heterocycles. The zero-order chi connectivity index (χ0) is 20.9. The van der Waals surface area contributed by atoms with E-state index in [0.717, 1.165) is 6.26 Å². The van der Waals surface area contributed by atoms with Gasteiger partial charge in [-0.1, -0.05) is 18.5 Å².